The zero-order valence-electron chi connectivity index (χ0n) is 12.3. The predicted molar refractivity (Wildman–Crippen MR) is 75.4 cm³/mol. The van der Waals surface area contributed by atoms with Crippen LogP contribution in [0.15, 0.2) is 12.1 Å². The molecule has 0 aromatic carbocycles. The van der Waals surface area contributed by atoms with Gasteiger partial charge >= 0.3 is 0 Å². The number of amides is 2. The number of likely N-dealkylation sites (tertiary alicyclic amines) is 1. The fourth-order valence-electron chi connectivity index (χ4n) is 2.69. The summed E-state index contributed by atoms with van der Waals surface area (Å²) in [6, 6.07) is 2.98. The van der Waals surface area contributed by atoms with Crippen molar-refractivity contribution >= 4 is 11.8 Å². The summed E-state index contributed by atoms with van der Waals surface area (Å²) in [6.45, 7) is 1.12. The number of hydrogen-bond acceptors (Lipinski definition) is 6. The highest BCUT2D eigenvalue weighted by Gasteiger charge is 2.35. The van der Waals surface area contributed by atoms with E-state index in [1.54, 1.807) is 17.0 Å². The van der Waals surface area contributed by atoms with Crippen molar-refractivity contribution in [2.24, 2.45) is 0 Å². The van der Waals surface area contributed by atoms with Gasteiger partial charge in [0, 0.05) is 31.5 Å². The Morgan fingerprint density at radius 3 is 2.73 bits per heavy atom. The fraction of sp³-hybridized carbons (Fsp3) is 0.571. The Bertz CT molecular complexity index is 562. The smallest absolute Gasteiger partial charge is 0.245 e. The zero-order chi connectivity index (χ0) is 15.5. The van der Waals surface area contributed by atoms with Crippen molar-refractivity contribution in [2.75, 3.05) is 20.2 Å². The van der Waals surface area contributed by atoms with Gasteiger partial charge in [0.15, 0.2) is 0 Å². The highest BCUT2D eigenvalue weighted by atomic mass is 16.5. The topological polar surface area (TPSA) is 93.7 Å². The van der Waals surface area contributed by atoms with Gasteiger partial charge in [0.2, 0.25) is 23.6 Å². The van der Waals surface area contributed by atoms with Crippen molar-refractivity contribution in [1.82, 2.24) is 20.4 Å². The first kappa shape index (κ1) is 14.6. The molecule has 2 aliphatic heterocycles. The van der Waals surface area contributed by atoms with Crippen LogP contribution in [0.4, 0.5) is 0 Å². The van der Waals surface area contributed by atoms with Gasteiger partial charge in [0.05, 0.1) is 13.7 Å². The second kappa shape index (κ2) is 6.17. The van der Waals surface area contributed by atoms with E-state index in [-0.39, 0.29) is 24.0 Å². The number of carbonyl (C=O) groups excluding carboxylic acids is 2. The van der Waals surface area contributed by atoms with E-state index in [1.807, 2.05) is 0 Å². The maximum absolute atomic E-state index is 12.3. The lowest BCUT2D eigenvalue weighted by Crippen LogP contribution is -2.44. The summed E-state index contributed by atoms with van der Waals surface area (Å²) in [5, 5.41) is 10.5. The number of methoxy groups -OCH3 is 1. The monoisotopic (exact) mass is 306 g/mol. The minimum Gasteiger partial charge on any atom is -0.480 e. The molecule has 3 heterocycles. The van der Waals surface area contributed by atoms with E-state index in [0.717, 1.165) is 6.42 Å². The summed E-state index contributed by atoms with van der Waals surface area (Å²) >= 11 is 0. The van der Waals surface area contributed by atoms with E-state index in [2.05, 4.69) is 15.5 Å². The molecule has 118 valence electrons. The summed E-state index contributed by atoms with van der Waals surface area (Å²) in [6.07, 6.45) is 1.62. The van der Waals surface area contributed by atoms with Crippen LogP contribution in [0.25, 0.3) is 0 Å². The highest BCUT2D eigenvalue weighted by molar-refractivity contribution is 5.90. The number of carbonyl (C=O) groups is 2. The molecular formula is C14H18N4O4. The van der Waals surface area contributed by atoms with Gasteiger partial charge in [-0.25, -0.2) is 0 Å². The van der Waals surface area contributed by atoms with Gasteiger partial charge in [-0.05, 0) is 6.42 Å². The van der Waals surface area contributed by atoms with Gasteiger partial charge in [-0.1, -0.05) is 0 Å². The summed E-state index contributed by atoms with van der Waals surface area (Å²) in [4.78, 5) is 25.2. The SMILES string of the molecule is COc1ccc(OC2CCN(C(=O)C3CCC(=O)N3)C2)nn1. The molecule has 0 radical (unpaired) electrons. The lowest BCUT2D eigenvalue weighted by molar-refractivity contribution is -0.133. The molecule has 3 rings (SSSR count). The Hall–Kier alpha value is -2.38. The quantitative estimate of drug-likeness (QED) is 0.824. The van der Waals surface area contributed by atoms with Crippen molar-refractivity contribution in [3.63, 3.8) is 0 Å². The molecule has 0 bridgehead atoms. The average molecular weight is 306 g/mol. The minimum absolute atomic E-state index is 0.0298. The molecule has 2 saturated heterocycles. The third kappa shape index (κ3) is 3.10. The van der Waals surface area contributed by atoms with Crippen molar-refractivity contribution in [2.45, 2.75) is 31.4 Å². The van der Waals surface area contributed by atoms with E-state index in [9.17, 15) is 9.59 Å². The van der Waals surface area contributed by atoms with Gasteiger partial charge in [-0.3, -0.25) is 9.59 Å². The molecule has 1 N–H and O–H groups in total. The molecule has 2 aliphatic rings. The van der Waals surface area contributed by atoms with Crippen molar-refractivity contribution in [3.8, 4) is 11.8 Å². The third-order valence-corrected chi connectivity index (χ3v) is 3.86. The minimum atomic E-state index is -0.382. The van der Waals surface area contributed by atoms with Crippen LogP contribution in [-0.2, 0) is 9.59 Å². The lowest BCUT2D eigenvalue weighted by Gasteiger charge is -2.20. The van der Waals surface area contributed by atoms with Crippen LogP contribution in [0, 0.1) is 0 Å². The summed E-state index contributed by atoms with van der Waals surface area (Å²) < 4.78 is 10.7. The summed E-state index contributed by atoms with van der Waals surface area (Å²) in [5.74, 6) is 0.749. The number of rotatable bonds is 4. The van der Waals surface area contributed by atoms with Crippen LogP contribution in [0.1, 0.15) is 19.3 Å². The first-order valence-electron chi connectivity index (χ1n) is 7.28. The molecule has 0 spiro atoms. The van der Waals surface area contributed by atoms with Gasteiger partial charge in [-0.15, -0.1) is 10.2 Å². The van der Waals surface area contributed by atoms with E-state index in [0.29, 0.717) is 37.7 Å². The number of aromatic nitrogens is 2. The van der Waals surface area contributed by atoms with E-state index >= 15 is 0 Å². The molecule has 8 nitrogen and oxygen atoms in total. The first-order valence-corrected chi connectivity index (χ1v) is 7.28. The second-order valence-corrected chi connectivity index (χ2v) is 5.39. The summed E-state index contributed by atoms with van der Waals surface area (Å²) in [7, 11) is 1.52. The zero-order valence-corrected chi connectivity index (χ0v) is 12.3. The van der Waals surface area contributed by atoms with Crippen LogP contribution < -0.4 is 14.8 Å². The Labute approximate surface area is 127 Å². The van der Waals surface area contributed by atoms with Crippen molar-refractivity contribution < 1.29 is 19.1 Å². The van der Waals surface area contributed by atoms with Crippen LogP contribution in [0.5, 0.6) is 11.8 Å². The molecule has 1 aromatic heterocycles. The molecule has 22 heavy (non-hydrogen) atoms. The third-order valence-electron chi connectivity index (χ3n) is 3.86. The van der Waals surface area contributed by atoms with Gasteiger partial charge < -0.3 is 19.7 Å². The Morgan fingerprint density at radius 1 is 1.32 bits per heavy atom. The van der Waals surface area contributed by atoms with Crippen LogP contribution in [0.3, 0.4) is 0 Å². The number of hydrogen-bond donors (Lipinski definition) is 1. The average Bonchev–Trinajstić information content (AvgIpc) is 3.16. The largest absolute Gasteiger partial charge is 0.480 e. The number of nitrogens with zero attached hydrogens (tertiary/aromatic N) is 3. The summed E-state index contributed by atoms with van der Waals surface area (Å²) in [5.41, 5.74) is 0. The molecule has 0 saturated carbocycles. The molecule has 2 amide bonds. The van der Waals surface area contributed by atoms with Gasteiger partial charge in [0.25, 0.3) is 0 Å². The molecule has 2 unspecified atom stereocenters. The molecular weight excluding hydrogens is 288 g/mol. The Balaban J connectivity index is 1.53. The van der Waals surface area contributed by atoms with Crippen molar-refractivity contribution in [1.29, 1.82) is 0 Å². The van der Waals surface area contributed by atoms with Gasteiger partial charge in [0.1, 0.15) is 12.1 Å². The molecule has 8 heteroatoms. The first-order chi connectivity index (χ1) is 10.7. The normalized spacial score (nSPS) is 24.2. The molecule has 1 aromatic rings. The number of nitrogens with one attached hydrogen (secondary N) is 1. The lowest BCUT2D eigenvalue weighted by atomic mass is 10.2. The number of ether oxygens (including phenoxy) is 2. The van der Waals surface area contributed by atoms with Crippen molar-refractivity contribution in [3.05, 3.63) is 12.1 Å². The van der Waals surface area contributed by atoms with Crippen LogP contribution >= 0.6 is 0 Å². The Kier molecular flexibility index (Phi) is 4.08. The van der Waals surface area contributed by atoms with Gasteiger partial charge in [-0.2, -0.15) is 0 Å². The second-order valence-electron chi connectivity index (χ2n) is 5.39. The van der Waals surface area contributed by atoms with Crippen LogP contribution in [0.2, 0.25) is 0 Å². The van der Waals surface area contributed by atoms with Crippen LogP contribution in [-0.4, -0.2) is 59.3 Å². The van der Waals surface area contributed by atoms with E-state index in [4.69, 9.17) is 9.47 Å². The molecule has 0 aliphatic carbocycles. The molecule has 2 fully saturated rings. The van der Waals surface area contributed by atoms with E-state index in [1.165, 1.54) is 7.11 Å². The highest BCUT2D eigenvalue weighted by Crippen LogP contribution is 2.19. The molecule has 2 atom stereocenters. The fourth-order valence-corrected chi connectivity index (χ4v) is 2.69. The standard InChI is InChI=1S/C14H18N4O4/c1-21-12-4-5-13(17-16-12)22-9-6-7-18(8-9)14(20)10-2-3-11(19)15-10/h4-5,9-10H,2-3,6-8H2,1H3,(H,15,19). The Morgan fingerprint density at radius 2 is 2.09 bits per heavy atom. The predicted octanol–water partition coefficient (Wildman–Crippen LogP) is -0.256. The maximum atomic E-state index is 12.3. The van der Waals surface area contributed by atoms with E-state index < -0.39 is 0 Å². The maximum Gasteiger partial charge on any atom is 0.245 e.